The fourth-order valence-corrected chi connectivity index (χ4v) is 0.913. The van der Waals surface area contributed by atoms with Gasteiger partial charge in [-0.3, -0.25) is 9.59 Å². The van der Waals surface area contributed by atoms with Crippen LogP contribution >= 0.6 is 0 Å². The minimum Gasteiger partial charge on any atom is -0.385 e. The molecule has 0 rings (SSSR count). The van der Waals surface area contributed by atoms with Crippen molar-refractivity contribution in [1.82, 2.24) is 10.6 Å². The molecular weight excluding hydrogens is 198 g/mol. The van der Waals surface area contributed by atoms with E-state index in [1.165, 1.54) is 0 Å². The van der Waals surface area contributed by atoms with E-state index >= 15 is 0 Å². The quantitative estimate of drug-likeness (QED) is 0.436. The van der Waals surface area contributed by atoms with E-state index < -0.39 is 0 Å². The number of amides is 2. The van der Waals surface area contributed by atoms with Crippen LogP contribution in [0.5, 0.6) is 0 Å². The van der Waals surface area contributed by atoms with Crippen LogP contribution in [-0.4, -0.2) is 45.2 Å². The highest BCUT2D eigenvalue weighted by atomic mass is 16.5. The molecule has 6 heteroatoms. The molecule has 0 fully saturated rings. The van der Waals surface area contributed by atoms with Gasteiger partial charge in [-0.1, -0.05) is 0 Å². The summed E-state index contributed by atoms with van der Waals surface area (Å²) in [6, 6.07) is 0. The summed E-state index contributed by atoms with van der Waals surface area (Å²) in [6.45, 7) is 1.18. The highest BCUT2D eigenvalue weighted by Gasteiger charge is 2.02. The Hall–Kier alpha value is -1.14. The van der Waals surface area contributed by atoms with E-state index in [0.29, 0.717) is 13.2 Å². The number of methoxy groups -OCH3 is 1. The minimum atomic E-state index is -0.329. The van der Waals surface area contributed by atoms with E-state index in [0.717, 1.165) is 12.8 Å². The third-order valence-corrected chi connectivity index (χ3v) is 1.73. The smallest absolute Gasteiger partial charge is 0.239 e. The predicted octanol–water partition coefficient (Wildman–Crippen LogP) is -1.40. The molecule has 0 aromatic carbocycles. The second-order valence-electron chi connectivity index (χ2n) is 3.03. The molecule has 4 N–H and O–H groups in total. The lowest BCUT2D eigenvalue weighted by atomic mass is 10.3. The van der Waals surface area contributed by atoms with E-state index in [9.17, 15) is 9.59 Å². The van der Waals surface area contributed by atoms with Gasteiger partial charge < -0.3 is 21.1 Å². The lowest BCUT2D eigenvalue weighted by Gasteiger charge is -2.05. The zero-order valence-corrected chi connectivity index (χ0v) is 9.04. The molecule has 0 aromatic rings. The Bertz CT molecular complexity index is 197. The highest BCUT2D eigenvalue weighted by molar-refractivity contribution is 5.85. The minimum absolute atomic E-state index is 0.0136. The Labute approximate surface area is 89.5 Å². The lowest BCUT2D eigenvalue weighted by Crippen LogP contribution is -2.39. The standard InChI is InChI=1S/C9H19N3O3/c1-15-5-3-2-4-11-9(14)7-12-8(13)6-10/h2-7,10H2,1H3,(H,11,14)(H,12,13). The van der Waals surface area contributed by atoms with Gasteiger partial charge in [-0.25, -0.2) is 0 Å². The Morgan fingerprint density at radius 3 is 2.53 bits per heavy atom. The maximum atomic E-state index is 11.1. The number of unbranched alkanes of at least 4 members (excludes halogenated alkanes) is 1. The summed E-state index contributed by atoms with van der Waals surface area (Å²) >= 11 is 0. The van der Waals surface area contributed by atoms with E-state index in [-0.39, 0.29) is 24.9 Å². The lowest BCUT2D eigenvalue weighted by molar-refractivity contribution is -0.125. The molecule has 0 unspecified atom stereocenters. The molecule has 0 saturated heterocycles. The van der Waals surface area contributed by atoms with Crippen LogP contribution in [0.3, 0.4) is 0 Å². The second kappa shape index (κ2) is 9.42. The van der Waals surface area contributed by atoms with E-state index in [4.69, 9.17) is 10.5 Å². The van der Waals surface area contributed by atoms with Gasteiger partial charge in [0.2, 0.25) is 11.8 Å². The molecule has 15 heavy (non-hydrogen) atoms. The monoisotopic (exact) mass is 217 g/mol. The van der Waals surface area contributed by atoms with Crippen LogP contribution in [0.4, 0.5) is 0 Å². The van der Waals surface area contributed by atoms with E-state index in [1.54, 1.807) is 7.11 Å². The largest absolute Gasteiger partial charge is 0.385 e. The first kappa shape index (κ1) is 13.9. The van der Waals surface area contributed by atoms with Crippen molar-refractivity contribution in [2.45, 2.75) is 12.8 Å². The van der Waals surface area contributed by atoms with Gasteiger partial charge in [0.1, 0.15) is 0 Å². The van der Waals surface area contributed by atoms with Crippen molar-refractivity contribution >= 4 is 11.8 Å². The molecular formula is C9H19N3O3. The van der Waals surface area contributed by atoms with Crippen molar-refractivity contribution in [2.75, 3.05) is 33.4 Å². The van der Waals surface area contributed by atoms with Crippen LogP contribution in [0.2, 0.25) is 0 Å². The summed E-state index contributed by atoms with van der Waals surface area (Å²) in [5.74, 6) is -0.529. The van der Waals surface area contributed by atoms with Gasteiger partial charge >= 0.3 is 0 Å². The first-order valence-corrected chi connectivity index (χ1v) is 4.93. The van der Waals surface area contributed by atoms with Crippen LogP contribution < -0.4 is 16.4 Å². The van der Waals surface area contributed by atoms with Gasteiger partial charge in [0, 0.05) is 20.3 Å². The van der Waals surface area contributed by atoms with Crippen molar-refractivity contribution in [3.63, 3.8) is 0 Å². The maximum absolute atomic E-state index is 11.1. The summed E-state index contributed by atoms with van der Waals surface area (Å²) in [4.78, 5) is 21.8. The fraction of sp³-hybridized carbons (Fsp3) is 0.778. The molecule has 0 aliphatic rings. The highest BCUT2D eigenvalue weighted by Crippen LogP contribution is 1.86. The Morgan fingerprint density at radius 1 is 1.20 bits per heavy atom. The van der Waals surface area contributed by atoms with Gasteiger partial charge in [-0.15, -0.1) is 0 Å². The van der Waals surface area contributed by atoms with Crippen LogP contribution in [0.1, 0.15) is 12.8 Å². The number of hydrogen-bond donors (Lipinski definition) is 3. The third-order valence-electron chi connectivity index (χ3n) is 1.73. The molecule has 0 aliphatic heterocycles. The summed E-state index contributed by atoms with van der Waals surface area (Å²) in [5, 5.41) is 5.05. The van der Waals surface area contributed by atoms with Gasteiger partial charge in [0.25, 0.3) is 0 Å². The van der Waals surface area contributed by atoms with Crippen LogP contribution in [0.25, 0.3) is 0 Å². The van der Waals surface area contributed by atoms with Crippen LogP contribution in [-0.2, 0) is 14.3 Å². The molecule has 0 spiro atoms. The molecule has 0 atom stereocenters. The summed E-state index contributed by atoms with van der Waals surface area (Å²) in [5.41, 5.74) is 5.06. The van der Waals surface area contributed by atoms with Crippen molar-refractivity contribution in [2.24, 2.45) is 5.73 Å². The predicted molar refractivity (Wildman–Crippen MR) is 56.2 cm³/mol. The maximum Gasteiger partial charge on any atom is 0.239 e. The van der Waals surface area contributed by atoms with Crippen molar-refractivity contribution in [1.29, 1.82) is 0 Å². The summed E-state index contributed by atoms with van der Waals surface area (Å²) < 4.78 is 4.86. The topological polar surface area (TPSA) is 93.5 Å². The SMILES string of the molecule is COCCCCNC(=O)CNC(=O)CN. The third kappa shape index (κ3) is 9.17. The Kier molecular flexibility index (Phi) is 8.70. The molecule has 0 saturated carbocycles. The number of ether oxygens (including phenoxy) is 1. The first-order valence-electron chi connectivity index (χ1n) is 4.93. The van der Waals surface area contributed by atoms with Crippen molar-refractivity contribution in [3.05, 3.63) is 0 Å². The van der Waals surface area contributed by atoms with Crippen molar-refractivity contribution in [3.8, 4) is 0 Å². The first-order chi connectivity index (χ1) is 7.20. The number of nitrogens with two attached hydrogens (primary N) is 1. The van der Waals surface area contributed by atoms with Crippen LogP contribution in [0.15, 0.2) is 0 Å². The molecule has 0 aromatic heterocycles. The van der Waals surface area contributed by atoms with E-state index in [1.807, 2.05) is 0 Å². The summed E-state index contributed by atoms with van der Waals surface area (Å²) in [7, 11) is 1.64. The van der Waals surface area contributed by atoms with Gasteiger partial charge in [0.15, 0.2) is 0 Å². The molecule has 0 aliphatic carbocycles. The summed E-state index contributed by atoms with van der Waals surface area (Å²) in [6.07, 6.45) is 1.77. The molecule has 0 heterocycles. The average molecular weight is 217 g/mol. The Balaban J connectivity index is 3.30. The van der Waals surface area contributed by atoms with Crippen molar-refractivity contribution < 1.29 is 14.3 Å². The van der Waals surface area contributed by atoms with Gasteiger partial charge in [0.05, 0.1) is 13.1 Å². The number of rotatable bonds is 8. The number of hydrogen-bond acceptors (Lipinski definition) is 4. The zero-order chi connectivity index (χ0) is 11.5. The number of carbonyl (C=O) groups excluding carboxylic acids is 2. The average Bonchev–Trinajstić information content (AvgIpc) is 2.25. The molecule has 6 nitrogen and oxygen atoms in total. The number of carbonyl (C=O) groups is 2. The van der Waals surface area contributed by atoms with Gasteiger partial charge in [-0.05, 0) is 12.8 Å². The molecule has 88 valence electrons. The van der Waals surface area contributed by atoms with Crippen LogP contribution in [0, 0.1) is 0 Å². The van der Waals surface area contributed by atoms with Gasteiger partial charge in [-0.2, -0.15) is 0 Å². The number of nitrogens with one attached hydrogen (secondary N) is 2. The molecule has 0 bridgehead atoms. The zero-order valence-electron chi connectivity index (χ0n) is 9.04. The normalized spacial score (nSPS) is 9.73. The molecule has 2 amide bonds. The Morgan fingerprint density at radius 2 is 1.93 bits per heavy atom. The molecule has 0 radical (unpaired) electrons. The second-order valence-corrected chi connectivity index (χ2v) is 3.03. The fourth-order valence-electron chi connectivity index (χ4n) is 0.913. The van der Waals surface area contributed by atoms with E-state index in [2.05, 4.69) is 10.6 Å².